The van der Waals surface area contributed by atoms with E-state index >= 15 is 0 Å². The molecule has 2 aromatic heterocycles. The maximum atomic E-state index is 9.51. The average Bonchev–Trinajstić information content (AvgIpc) is 2.94. The predicted octanol–water partition coefficient (Wildman–Crippen LogP) is 4.50. The fraction of sp³-hybridized carbons (Fsp3) is 0. The number of hydrogen-bond donors (Lipinski definition) is 2. The number of nitrogens with zero attached hydrogens (tertiary/aromatic N) is 3. The first-order valence-corrected chi connectivity index (χ1v) is 7.73. The Morgan fingerprint density at radius 2 is 1.88 bits per heavy atom. The van der Waals surface area contributed by atoms with E-state index in [0.29, 0.717) is 10.8 Å². The highest BCUT2D eigenvalue weighted by molar-refractivity contribution is 6.30. The number of benzene rings is 2. The minimum Gasteiger partial charge on any atom is -0.508 e. The lowest BCUT2D eigenvalue weighted by Crippen LogP contribution is -1.97. The van der Waals surface area contributed by atoms with Crippen LogP contribution in [-0.2, 0) is 0 Å². The molecule has 0 aliphatic heterocycles. The maximum Gasteiger partial charge on any atom is 0.235 e. The van der Waals surface area contributed by atoms with Gasteiger partial charge in [-0.3, -0.25) is 4.40 Å². The molecule has 118 valence electrons. The third-order valence-electron chi connectivity index (χ3n) is 3.63. The SMILES string of the molecule is Oc1ccc(-c2nc3ncccn3c2Nc2cccc(Cl)c2)cc1. The lowest BCUT2D eigenvalue weighted by molar-refractivity contribution is 0.475. The number of imidazole rings is 1. The van der Waals surface area contributed by atoms with Crippen LogP contribution in [-0.4, -0.2) is 19.5 Å². The minimum atomic E-state index is 0.213. The van der Waals surface area contributed by atoms with Crippen LogP contribution in [0.25, 0.3) is 17.0 Å². The first kappa shape index (κ1) is 14.5. The van der Waals surface area contributed by atoms with Gasteiger partial charge in [0.1, 0.15) is 17.3 Å². The highest BCUT2D eigenvalue weighted by Crippen LogP contribution is 2.31. The molecular formula is C18H13ClN4O. The molecular weight excluding hydrogens is 324 g/mol. The van der Waals surface area contributed by atoms with E-state index in [2.05, 4.69) is 15.3 Å². The van der Waals surface area contributed by atoms with Gasteiger partial charge < -0.3 is 10.4 Å². The Morgan fingerprint density at radius 1 is 1.04 bits per heavy atom. The molecule has 0 atom stereocenters. The van der Waals surface area contributed by atoms with E-state index in [1.54, 1.807) is 18.3 Å². The summed E-state index contributed by atoms with van der Waals surface area (Å²) in [7, 11) is 0. The quantitative estimate of drug-likeness (QED) is 0.578. The van der Waals surface area contributed by atoms with E-state index < -0.39 is 0 Å². The van der Waals surface area contributed by atoms with Crippen LogP contribution in [0.15, 0.2) is 67.0 Å². The Morgan fingerprint density at radius 3 is 2.67 bits per heavy atom. The zero-order chi connectivity index (χ0) is 16.5. The number of nitrogens with one attached hydrogen (secondary N) is 1. The largest absolute Gasteiger partial charge is 0.508 e. The summed E-state index contributed by atoms with van der Waals surface area (Å²) in [5, 5.41) is 13.5. The normalized spacial score (nSPS) is 10.9. The summed E-state index contributed by atoms with van der Waals surface area (Å²) in [6.45, 7) is 0. The average molecular weight is 337 g/mol. The highest BCUT2D eigenvalue weighted by atomic mass is 35.5. The molecule has 0 amide bonds. The topological polar surface area (TPSA) is 62.5 Å². The third-order valence-corrected chi connectivity index (χ3v) is 3.87. The molecule has 0 spiro atoms. The van der Waals surface area contributed by atoms with Gasteiger partial charge in [-0.25, -0.2) is 9.97 Å². The van der Waals surface area contributed by atoms with Gasteiger partial charge in [-0.15, -0.1) is 0 Å². The second-order valence-electron chi connectivity index (χ2n) is 5.28. The van der Waals surface area contributed by atoms with Crippen molar-refractivity contribution in [1.82, 2.24) is 14.4 Å². The maximum absolute atomic E-state index is 9.51. The minimum absolute atomic E-state index is 0.213. The van der Waals surface area contributed by atoms with Crippen molar-refractivity contribution in [2.45, 2.75) is 0 Å². The van der Waals surface area contributed by atoms with Crippen LogP contribution >= 0.6 is 11.6 Å². The van der Waals surface area contributed by atoms with Crippen LogP contribution in [0.4, 0.5) is 11.5 Å². The fourth-order valence-electron chi connectivity index (χ4n) is 2.53. The van der Waals surface area contributed by atoms with Crippen molar-refractivity contribution in [1.29, 1.82) is 0 Å². The van der Waals surface area contributed by atoms with Gasteiger partial charge in [0.05, 0.1) is 0 Å². The summed E-state index contributed by atoms with van der Waals surface area (Å²) >= 11 is 6.07. The summed E-state index contributed by atoms with van der Waals surface area (Å²) in [4.78, 5) is 8.91. The molecule has 0 aliphatic rings. The van der Waals surface area contributed by atoms with Gasteiger partial charge in [0.2, 0.25) is 5.78 Å². The third kappa shape index (κ3) is 2.66. The van der Waals surface area contributed by atoms with Crippen molar-refractivity contribution < 1.29 is 5.11 Å². The van der Waals surface area contributed by atoms with Crippen molar-refractivity contribution in [3.8, 4) is 17.0 Å². The number of aromatic nitrogens is 3. The standard InChI is InChI=1S/C18H13ClN4O/c19-13-3-1-4-14(11-13)21-17-16(12-5-7-15(24)8-6-12)22-18-20-9-2-10-23(17)18/h1-11,21,24H. The number of rotatable bonds is 3. The molecule has 2 heterocycles. The second-order valence-corrected chi connectivity index (χ2v) is 5.72. The van der Waals surface area contributed by atoms with Crippen LogP contribution in [0, 0.1) is 0 Å². The van der Waals surface area contributed by atoms with E-state index in [-0.39, 0.29) is 5.75 Å². The van der Waals surface area contributed by atoms with Crippen molar-refractivity contribution in [2.75, 3.05) is 5.32 Å². The summed E-state index contributed by atoms with van der Waals surface area (Å²) in [6.07, 6.45) is 3.60. The van der Waals surface area contributed by atoms with Crippen molar-refractivity contribution in [3.63, 3.8) is 0 Å². The fourth-order valence-corrected chi connectivity index (χ4v) is 2.72. The summed E-state index contributed by atoms with van der Waals surface area (Å²) in [5.74, 6) is 1.58. The van der Waals surface area contributed by atoms with Crippen LogP contribution in [0.1, 0.15) is 0 Å². The predicted molar refractivity (Wildman–Crippen MR) is 94.8 cm³/mol. The van der Waals surface area contributed by atoms with E-state index in [4.69, 9.17) is 11.6 Å². The van der Waals surface area contributed by atoms with Crippen LogP contribution in [0.5, 0.6) is 5.75 Å². The van der Waals surface area contributed by atoms with E-state index in [1.165, 1.54) is 0 Å². The van der Waals surface area contributed by atoms with E-state index in [0.717, 1.165) is 22.8 Å². The monoisotopic (exact) mass is 336 g/mol. The Hall–Kier alpha value is -3.05. The van der Waals surface area contributed by atoms with Gasteiger partial charge in [-0.05, 0) is 48.5 Å². The first-order valence-electron chi connectivity index (χ1n) is 7.36. The lowest BCUT2D eigenvalue weighted by atomic mass is 10.1. The Balaban J connectivity index is 1.88. The second kappa shape index (κ2) is 5.86. The molecule has 0 saturated heterocycles. The molecule has 0 radical (unpaired) electrons. The molecule has 0 aliphatic carbocycles. The molecule has 4 aromatic rings. The van der Waals surface area contributed by atoms with Gasteiger partial charge in [0.25, 0.3) is 0 Å². The molecule has 0 unspecified atom stereocenters. The Bertz CT molecular complexity index is 1010. The molecule has 0 bridgehead atoms. The van der Waals surface area contributed by atoms with Gasteiger partial charge in [-0.2, -0.15) is 0 Å². The number of anilines is 2. The number of halogens is 1. The van der Waals surface area contributed by atoms with Gasteiger partial charge in [0, 0.05) is 28.7 Å². The smallest absolute Gasteiger partial charge is 0.235 e. The zero-order valence-electron chi connectivity index (χ0n) is 12.5. The summed E-state index contributed by atoms with van der Waals surface area (Å²) in [6, 6.07) is 16.2. The number of fused-ring (bicyclic) bond motifs is 1. The Labute approximate surface area is 143 Å². The van der Waals surface area contributed by atoms with Crippen molar-refractivity contribution in [2.24, 2.45) is 0 Å². The molecule has 2 N–H and O–H groups in total. The van der Waals surface area contributed by atoms with Crippen LogP contribution < -0.4 is 5.32 Å². The summed E-state index contributed by atoms with van der Waals surface area (Å²) in [5.41, 5.74) is 2.48. The molecule has 0 fully saturated rings. The lowest BCUT2D eigenvalue weighted by Gasteiger charge is -2.09. The van der Waals surface area contributed by atoms with E-state index in [1.807, 2.05) is 53.1 Å². The zero-order valence-corrected chi connectivity index (χ0v) is 13.3. The van der Waals surface area contributed by atoms with Gasteiger partial charge in [-0.1, -0.05) is 17.7 Å². The van der Waals surface area contributed by atoms with Crippen LogP contribution in [0.3, 0.4) is 0 Å². The van der Waals surface area contributed by atoms with Crippen LogP contribution in [0.2, 0.25) is 5.02 Å². The highest BCUT2D eigenvalue weighted by Gasteiger charge is 2.15. The number of aromatic hydroxyl groups is 1. The Kier molecular flexibility index (Phi) is 3.55. The first-order chi connectivity index (χ1) is 11.7. The van der Waals surface area contributed by atoms with Gasteiger partial charge >= 0.3 is 0 Å². The van der Waals surface area contributed by atoms with Crippen molar-refractivity contribution in [3.05, 3.63) is 72.0 Å². The summed E-state index contributed by atoms with van der Waals surface area (Å²) < 4.78 is 1.88. The van der Waals surface area contributed by atoms with Gasteiger partial charge in [0.15, 0.2) is 0 Å². The number of phenolic OH excluding ortho intramolecular Hbond substituents is 1. The molecule has 5 nitrogen and oxygen atoms in total. The van der Waals surface area contributed by atoms with Crippen molar-refractivity contribution >= 4 is 28.9 Å². The van der Waals surface area contributed by atoms with E-state index in [9.17, 15) is 5.11 Å². The molecule has 0 saturated carbocycles. The molecule has 24 heavy (non-hydrogen) atoms. The number of phenols is 1. The molecule has 4 rings (SSSR count). The molecule has 6 heteroatoms. The molecule has 2 aromatic carbocycles. The number of hydrogen-bond acceptors (Lipinski definition) is 4.